The summed E-state index contributed by atoms with van der Waals surface area (Å²) in [5.41, 5.74) is 0.504. The van der Waals surface area contributed by atoms with Gasteiger partial charge in [-0.15, -0.1) is 12.4 Å². The van der Waals surface area contributed by atoms with Gasteiger partial charge in [-0.05, 0) is 24.6 Å². The second kappa shape index (κ2) is 7.08. The number of fused-ring (bicyclic) bond motifs is 1. The van der Waals surface area contributed by atoms with E-state index >= 15 is 0 Å². The van der Waals surface area contributed by atoms with Crippen molar-refractivity contribution in [2.75, 3.05) is 0 Å². The largest absolute Gasteiger partial charge is 0.342 e. The molecule has 0 bridgehead atoms. The van der Waals surface area contributed by atoms with Crippen molar-refractivity contribution >= 4 is 47.7 Å². The molecule has 0 saturated carbocycles. The molecule has 0 spiro atoms. The average Bonchev–Trinajstić information content (AvgIpc) is 2.36. The zero-order valence-electron chi connectivity index (χ0n) is 11.2. The van der Waals surface area contributed by atoms with Crippen LogP contribution < -0.4 is 16.0 Å². The molecule has 8 nitrogen and oxygen atoms in total. The molecule has 0 radical (unpaired) electrons. The third-order valence-corrected chi connectivity index (χ3v) is 4.49. The van der Waals surface area contributed by atoms with Crippen molar-refractivity contribution in [1.82, 2.24) is 5.32 Å². The fourth-order valence-electron chi connectivity index (χ4n) is 1.67. The van der Waals surface area contributed by atoms with Crippen LogP contribution >= 0.6 is 35.9 Å². The first-order chi connectivity index (χ1) is 9.68. The lowest BCUT2D eigenvalue weighted by atomic mass is 10.2. The van der Waals surface area contributed by atoms with Crippen molar-refractivity contribution in [3.8, 4) is 0 Å². The molecule has 1 atom stereocenters. The first-order valence-corrected chi connectivity index (χ1v) is 8.28. The maximum atomic E-state index is 11.3. The standard InChI is InChI=1S/C11H11BrN3O5P.ClH/c1-5(21(18,19)20)13-4-6-2-7(12)3-8-9(6)15-11(17)10(16)14-8;/h2-3,5,13H,4H2,1H3,(H2,18,19,20);1H/t5-;/m0./s1. The molecule has 1 heterocycles. The van der Waals surface area contributed by atoms with Crippen molar-refractivity contribution in [3.63, 3.8) is 0 Å². The summed E-state index contributed by atoms with van der Waals surface area (Å²) in [7, 11) is -4.25. The molecule has 0 saturated heterocycles. The van der Waals surface area contributed by atoms with Gasteiger partial charge in [0, 0.05) is 11.0 Å². The van der Waals surface area contributed by atoms with Crippen LogP contribution in [0.25, 0.3) is 0 Å². The maximum absolute atomic E-state index is 11.3. The Morgan fingerprint density at radius 2 is 1.86 bits per heavy atom. The van der Waals surface area contributed by atoms with Gasteiger partial charge in [-0.3, -0.25) is 19.5 Å². The molecule has 1 aromatic rings. The summed E-state index contributed by atoms with van der Waals surface area (Å²) in [6.07, 6.45) is 0. The molecule has 0 unspecified atom stereocenters. The molecule has 1 aliphatic heterocycles. The number of carbonyl (C=O) groups excluding carboxylic acids is 2. The first-order valence-electron chi connectivity index (χ1n) is 5.81. The number of amides is 2. The molecule has 2 amide bonds. The molecule has 120 valence electrons. The number of carbonyl (C=O) groups is 2. The monoisotopic (exact) mass is 411 g/mol. The Morgan fingerprint density at radius 1 is 1.27 bits per heavy atom. The van der Waals surface area contributed by atoms with Crippen LogP contribution in [0.15, 0.2) is 26.6 Å². The van der Waals surface area contributed by atoms with E-state index in [1.807, 2.05) is 0 Å². The first kappa shape index (κ1) is 19.1. The van der Waals surface area contributed by atoms with Crippen LogP contribution in [0.2, 0.25) is 0 Å². The van der Waals surface area contributed by atoms with Gasteiger partial charge in [-0.25, -0.2) is 9.98 Å². The van der Waals surface area contributed by atoms with Crippen molar-refractivity contribution < 1.29 is 23.9 Å². The van der Waals surface area contributed by atoms with Crippen LogP contribution in [0.5, 0.6) is 0 Å². The van der Waals surface area contributed by atoms with Gasteiger partial charge >= 0.3 is 19.4 Å². The maximum Gasteiger partial charge on any atom is 0.342 e. The molecule has 22 heavy (non-hydrogen) atoms. The zero-order chi connectivity index (χ0) is 15.8. The third-order valence-electron chi connectivity index (χ3n) is 2.84. The topological polar surface area (TPSA) is 128 Å². The van der Waals surface area contributed by atoms with E-state index in [1.165, 1.54) is 6.92 Å². The van der Waals surface area contributed by atoms with Gasteiger partial charge in [0.1, 0.15) is 5.78 Å². The van der Waals surface area contributed by atoms with E-state index in [1.54, 1.807) is 12.1 Å². The number of hydrogen-bond acceptors (Lipinski definition) is 4. The lowest BCUT2D eigenvalue weighted by Gasteiger charge is -2.15. The quantitative estimate of drug-likeness (QED) is 0.464. The summed E-state index contributed by atoms with van der Waals surface area (Å²) in [6.45, 7) is 1.41. The third kappa shape index (κ3) is 4.28. The lowest BCUT2D eigenvalue weighted by Crippen LogP contribution is -2.39. The molecule has 1 aliphatic rings. The van der Waals surface area contributed by atoms with Gasteiger partial charge in [-0.1, -0.05) is 15.9 Å². The molecule has 3 N–H and O–H groups in total. The van der Waals surface area contributed by atoms with E-state index in [0.29, 0.717) is 10.0 Å². The highest BCUT2D eigenvalue weighted by Gasteiger charge is 2.24. The van der Waals surface area contributed by atoms with E-state index in [-0.39, 0.29) is 29.7 Å². The summed E-state index contributed by atoms with van der Waals surface area (Å²) >= 11 is 3.24. The minimum Gasteiger partial charge on any atom is -0.323 e. The highest BCUT2D eigenvalue weighted by molar-refractivity contribution is 9.10. The number of nitrogens with zero attached hydrogens (tertiary/aromatic N) is 2. The van der Waals surface area contributed by atoms with E-state index < -0.39 is 25.2 Å². The second-order valence-corrected chi connectivity index (χ2v) is 7.28. The molecule has 0 aromatic heterocycles. The van der Waals surface area contributed by atoms with Crippen LogP contribution in [-0.4, -0.2) is 27.4 Å². The Bertz CT molecular complexity index is 794. The Morgan fingerprint density at radius 3 is 2.45 bits per heavy atom. The van der Waals surface area contributed by atoms with Crippen molar-refractivity contribution in [3.05, 3.63) is 32.9 Å². The number of benzene rings is 1. The van der Waals surface area contributed by atoms with Gasteiger partial charge < -0.3 is 9.79 Å². The van der Waals surface area contributed by atoms with Crippen molar-refractivity contribution in [1.29, 1.82) is 0 Å². The number of halogens is 2. The van der Waals surface area contributed by atoms with Crippen LogP contribution in [-0.2, 0) is 20.7 Å². The second-order valence-electron chi connectivity index (χ2n) is 4.41. The van der Waals surface area contributed by atoms with Crippen LogP contribution in [0.4, 0.5) is 0 Å². The Kier molecular flexibility index (Phi) is 6.14. The van der Waals surface area contributed by atoms with E-state index in [4.69, 9.17) is 9.79 Å². The molecule has 2 rings (SSSR count). The normalized spacial score (nSPS) is 15.3. The predicted molar refractivity (Wildman–Crippen MR) is 82.1 cm³/mol. The summed E-state index contributed by atoms with van der Waals surface area (Å²) in [4.78, 5) is 47.9. The smallest absolute Gasteiger partial charge is 0.323 e. The van der Waals surface area contributed by atoms with E-state index in [9.17, 15) is 14.2 Å². The molecule has 1 aromatic carbocycles. The van der Waals surface area contributed by atoms with E-state index in [2.05, 4.69) is 31.2 Å². The van der Waals surface area contributed by atoms with Crippen molar-refractivity contribution in [2.45, 2.75) is 19.3 Å². The van der Waals surface area contributed by atoms with Gasteiger partial charge in [0.15, 0.2) is 0 Å². The molecule has 0 fully saturated rings. The highest BCUT2D eigenvalue weighted by Crippen LogP contribution is 2.39. The molecular weight excluding hydrogens is 400 g/mol. The SMILES string of the molecule is C[C@@H](NCc1cc(Br)cc2c1=NC(=O)C(=O)N=2)P(=O)(O)O.Cl. The number of rotatable bonds is 4. The van der Waals surface area contributed by atoms with Crippen LogP contribution in [0, 0.1) is 0 Å². The summed E-state index contributed by atoms with van der Waals surface area (Å²) < 4.78 is 11.7. The number of nitrogens with one attached hydrogen (secondary N) is 1. The Labute approximate surface area is 139 Å². The van der Waals surface area contributed by atoms with Crippen LogP contribution in [0.1, 0.15) is 12.5 Å². The van der Waals surface area contributed by atoms with Crippen molar-refractivity contribution in [2.24, 2.45) is 9.98 Å². The zero-order valence-corrected chi connectivity index (χ0v) is 14.5. The molecule has 11 heteroatoms. The van der Waals surface area contributed by atoms with Gasteiger partial charge in [0.25, 0.3) is 0 Å². The van der Waals surface area contributed by atoms with E-state index in [0.717, 1.165) is 0 Å². The van der Waals surface area contributed by atoms with Gasteiger partial charge in [0.05, 0.1) is 10.7 Å². The summed E-state index contributed by atoms with van der Waals surface area (Å²) in [6, 6.07) is 3.18. The van der Waals surface area contributed by atoms with Gasteiger partial charge in [0.2, 0.25) is 0 Å². The minimum atomic E-state index is -4.25. The predicted octanol–water partition coefficient (Wildman–Crippen LogP) is -0.210. The Balaban J connectivity index is 0.00000242. The lowest BCUT2D eigenvalue weighted by molar-refractivity contribution is -0.135. The number of hydrogen-bond donors (Lipinski definition) is 3. The molecule has 0 aliphatic carbocycles. The summed E-state index contributed by atoms with van der Waals surface area (Å²) in [5, 5.41) is 3.14. The van der Waals surface area contributed by atoms with Gasteiger partial charge in [-0.2, -0.15) is 0 Å². The average molecular weight is 413 g/mol. The highest BCUT2D eigenvalue weighted by atomic mass is 79.9. The fraction of sp³-hybridized carbons (Fsp3) is 0.273. The minimum absolute atomic E-state index is 0. The fourth-order valence-corrected chi connectivity index (χ4v) is 2.49. The molecular formula is C11H12BrClN3O5P. The summed E-state index contributed by atoms with van der Waals surface area (Å²) in [5.74, 6) is -2.96. The van der Waals surface area contributed by atoms with Crippen LogP contribution in [0.3, 0.4) is 0 Å². The Hall–Kier alpha value is -0.960.